The lowest BCUT2D eigenvalue weighted by atomic mass is 9.91. The first-order chi connectivity index (χ1) is 19.4. The fourth-order valence-corrected chi connectivity index (χ4v) is 6.45. The molecule has 1 aromatic carbocycles. The number of nitrogens with zero attached hydrogens (tertiary/aromatic N) is 2. The second kappa shape index (κ2) is 11.9. The van der Waals surface area contributed by atoms with E-state index in [1.54, 1.807) is 12.1 Å². The van der Waals surface area contributed by atoms with Crippen molar-refractivity contribution in [1.82, 2.24) is 4.90 Å². The van der Waals surface area contributed by atoms with Gasteiger partial charge in [0.25, 0.3) is 0 Å². The Hall–Kier alpha value is -3.61. The van der Waals surface area contributed by atoms with Gasteiger partial charge in [-0.25, -0.2) is 0 Å². The minimum Gasteiger partial charge on any atom is -0.507 e. The van der Waals surface area contributed by atoms with Crippen LogP contribution in [0.1, 0.15) is 82.8 Å². The standard InChI is InChI=1S/C33H40N2O5/c1-3-5-7-9-17-34-19-15-21-25(34)13-11-23(29(21)36)27-31(38)28(33(40)32(27)39)24-12-14-26-22(30(24)37)16-20-35(26)18-10-8-6-4-2/h11-14,36,38H,3-10,15-20H2,1-2H3/b28-24-. The lowest BCUT2D eigenvalue weighted by Gasteiger charge is -2.22. The molecule has 2 aliphatic heterocycles. The van der Waals surface area contributed by atoms with Gasteiger partial charge in [-0.15, -0.1) is 0 Å². The number of aliphatic hydroxyl groups is 1. The summed E-state index contributed by atoms with van der Waals surface area (Å²) in [7, 11) is 0. The number of phenolic OH excluding ortho intramolecular Hbond substituents is 1. The molecule has 0 unspecified atom stereocenters. The third kappa shape index (κ3) is 4.91. The van der Waals surface area contributed by atoms with Gasteiger partial charge in [0.1, 0.15) is 11.5 Å². The molecule has 1 aromatic rings. The predicted octanol–water partition coefficient (Wildman–Crippen LogP) is 5.73. The maximum absolute atomic E-state index is 13.5. The first-order valence-electron chi connectivity index (χ1n) is 15.0. The lowest BCUT2D eigenvalue weighted by molar-refractivity contribution is -0.130. The van der Waals surface area contributed by atoms with Crippen LogP contribution in [-0.2, 0) is 20.8 Å². The predicted molar refractivity (Wildman–Crippen MR) is 156 cm³/mol. The minimum atomic E-state index is -0.906. The molecule has 7 nitrogen and oxygen atoms in total. The Morgan fingerprint density at radius 1 is 0.725 bits per heavy atom. The first-order valence-corrected chi connectivity index (χ1v) is 15.0. The number of Topliss-reactive ketones (excluding diaryl/α,β-unsaturated/α-hetero) is 3. The highest BCUT2D eigenvalue weighted by molar-refractivity contribution is 6.63. The third-order valence-corrected chi connectivity index (χ3v) is 8.67. The molecule has 0 saturated heterocycles. The average Bonchev–Trinajstić information content (AvgIpc) is 3.62. The van der Waals surface area contributed by atoms with Crippen LogP contribution < -0.4 is 4.90 Å². The maximum Gasteiger partial charge on any atom is 0.238 e. The average molecular weight is 545 g/mol. The zero-order valence-corrected chi connectivity index (χ0v) is 23.7. The number of benzene rings is 1. The molecule has 0 spiro atoms. The lowest BCUT2D eigenvalue weighted by Crippen LogP contribution is -2.22. The van der Waals surface area contributed by atoms with E-state index in [2.05, 4.69) is 23.6 Å². The van der Waals surface area contributed by atoms with E-state index in [9.17, 15) is 24.6 Å². The van der Waals surface area contributed by atoms with Crippen molar-refractivity contribution >= 4 is 28.6 Å². The number of carbonyl (C=O) groups excluding carboxylic acids is 3. The number of aromatic hydroxyl groups is 1. The zero-order chi connectivity index (χ0) is 28.4. The van der Waals surface area contributed by atoms with E-state index in [0.717, 1.165) is 75.2 Å². The molecular weight excluding hydrogens is 504 g/mol. The van der Waals surface area contributed by atoms with E-state index in [-0.39, 0.29) is 33.8 Å². The van der Waals surface area contributed by atoms with Gasteiger partial charge in [-0.3, -0.25) is 14.4 Å². The van der Waals surface area contributed by atoms with Gasteiger partial charge in [-0.05, 0) is 50.0 Å². The van der Waals surface area contributed by atoms with Crippen LogP contribution in [0.4, 0.5) is 5.69 Å². The Labute approximate surface area is 236 Å². The summed E-state index contributed by atoms with van der Waals surface area (Å²) in [5, 5.41) is 22.4. The summed E-state index contributed by atoms with van der Waals surface area (Å²) in [5.41, 5.74) is 2.87. The van der Waals surface area contributed by atoms with Crippen LogP contribution in [0, 0.1) is 0 Å². The van der Waals surface area contributed by atoms with Gasteiger partial charge < -0.3 is 20.0 Å². The topological polar surface area (TPSA) is 98.2 Å². The van der Waals surface area contributed by atoms with E-state index in [1.807, 2.05) is 12.1 Å². The van der Waals surface area contributed by atoms with Gasteiger partial charge in [0.15, 0.2) is 5.78 Å². The maximum atomic E-state index is 13.5. The number of hydrogen-bond acceptors (Lipinski definition) is 7. The van der Waals surface area contributed by atoms with Crippen LogP contribution in [0.2, 0.25) is 0 Å². The molecule has 0 saturated carbocycles. The van der Waals surface area contributed by atoms with E-state index in [4.69, 9.17) is 0 Å². The summed E-state index contributed by atoms with van der Waals surface area (Å²) < 4.78 is 0. The van der Waals surface area contributed by atoms with Crippen LogP contribution in [0.3, 0.4) is 0 Å². The van der Waals surface area contributed by atoms with Gasteiger partial charge in [0.05, 0.1) is 11.1 Å². The van der Waals surface area contributed by atoms with Crippen molar-refractivity contribution in [2.45, 2.75) is 78.1 Å². The molecule has 0 aromatic heterocycles. The van der Waals surface area contributed by atoms with E-state index in [1.165, 1.54) is 19.3 Å². The number of fused-ring (bicyclic) bond motifs is 1. The van der Waals surface area contributed by atoms with Crippen LogP contribution in [-0.4, -0.2) is 58.6 Å². The highest BCUT2D eigenvalue weighted by atomic mass is 16.3. The van der Waals surface area contributed by atoms with Gasteiger partial charge in [-0.2, -0.15) is 0 Å². The molecule has 7 heteroatoms. The van der Waals surface area contributed by atoms with Crippen LogP contribution in [0.25, 0.3) is 5.57 Å². The molecule has 0 bridgehead atoms. The van der Waals surface area contributed by atoms with Gasteiger partial charge >= 0.3 is 0 Å². The molecule has 0 radical (unpaired) electrons. The van der Waals surface area contributed by atoms with Gasteiger partial charge in [0.2, 0.25) is 11.6 Å². The fraction of sp³-hybridized carbons (Fsp3) is 0.485. The summed E-state index contributed by atoms with van der Waals surface area (Å²) >= 11 is 0. The fourth-order valence-electron chi connectivity index (χ4n) is 6.45. The normalized spacial score (nSPS) is 20.5. The number of allylic oxidation sites excluding steroid dienone is 5. The Balaban J connectivity index is 1.42. The van der Waals surface area contributed by atoms with E-state index < -0.39 is 17.3 Å². The zero-order valence-electron chi connectivity index (χ0n) is 23.7. The van der Waals surface area contributed by atoms with Crippen molar-refractivity contribution in [2.24, 2.45) is 0 Å². The summed E-state index contributed by atoms with van der Waals surface area (Å²) in [5.74, 6) is -2.71. The molecule has 0 atom stereocenters. The first kappa shape index (κ1) is 27.9. The van der Waals surface area contributed by atoms with Crippen molar-refractivity contribution in [1.29, 1.82) is 0 Å². The Morgan fingerprint density at radius 3 is 2.08 bits per heavy atom. The van der Waals surface area contributed by atoms with Crippen molar-refractivity contribution in [3.63, 3.8) is 0 Å². The summed E-state index contributed by atoms with van der Waals surface area (Å²) in [6.45, 7) is 7.65. The quantitative estimate of drug-likeness (QED) is 0.209. The number of rotatable bonds is 11. The van der Waals surface area contributed by atoms with E-state index in [0.29, 0.717) is 18.4 Å². The van der Waals surface area contributed by atoms with Crippen LogP contribution in [0.15, 0.2) is 52.5 Å². The minimum absolute atomic E-state index is 0.0522. The molecule has 212 valence electrons. The Morgan fingerprint density at radius 2 is 1.38 bits per heavy atom. The number of carbonyl (C=O) groups is 3. The molecule has 0 fully saturated rings. The molecule has 40 heavy (non-hydrogen) atoms. The van der Waals surface area contributed by atoms with Gasteiger partial charge in [-0.1, -0.05) is 52.4 Å². The SMILES string of the molecule is CCCCCCN1CCC2=C1C=C/C(=C1/C(=O)C(=O)C(c3ccc4c(c3O)CCN4CCCCCC)=C1O)C2=O. The summed E-state index contributed by atoms with van der Waals surface area (Å²) in [6.07, 6.45) is 13.7. The number of anilines is 1. The van der Waals surface area contributed by atoms with Crippen LogP contribution in [0.5, 0.6) is 5.75 Å². The smallest absolute Gasteiger partial charge is 0.238 e. The number of unbranched alkanes of at least 4 members (excludes halogenated alkanes) is 6. The highest BCUT2D eigenvalue weighted by Crippen LogP contribution is 2.44. The number of hydrogen-bond donors (Lipinski definition) is 2. The number of phenols is 1. The van der Waals surface area contributed by atoms with Gasteiger partial charge in [0, 0.05) is 59.8 Å². The molecule has 2 N–H and O–H groups in total. The van der Waals surface area contributed by atoms with E-state index >= 15 is 0 Å². The Kier molecular flexibility index (Phi) is 8.29. The highest BCUT2D eigenvalue weighted by Gasteiger charge is 2.43. The molecular formula is C33H40N2O5. The van der Waals surface area contributed by atoms with Crippen molar-refractivity contribution in [2.75, 3.05) is 31.1 Å². The Bertz CT molecular complexity index is 1360. The largest absolute Gasteiger partial charge is 0.507 e. The summed E-state index contributed by atoms with van der Waals surface area (Å²) in [6, 6.07) is 3.46. The monoisotopic (exact) mass is 544 g/mol. The molecule has 0 amide bonds. The second-order valence-corrected chi connectivity index (χ2v) is 11.3. The van der Waals surface area contributed by atoms with Crippen molar-refractivity contribution in [3.8, 4) is 5.75 Å². The molecule has 4 aliphatic rings. The molecule has 2 heterocycles. The number of aliphatic hydroxyl groups excluding tert-OH is 1. The van der Waals surface area contributed by atoms with Crippen molar-refractivity contribution in [3.05, 3.63) is 63.6 Å². The molecule has 2 aliphatic carbocycles. The third-order valence-electron chi connectivity index (χ3n) is 8.67. The van der Waals surface area contributed by atoms with Crippen molar-refractivity contribution < 1.29 is 24.6 Å². The molecule has 5 rings (SSSR count). The number of ketones is 3. The second-order valence-electron chi connectivity index (χ2n) is 11.3. The van der Waals surface area contributed by atoms with Crippen LogP contribution >= 0.6 is 0 Å². The summed E-state index contributed by atoms with van der Waals surface area (Å²) in [4.78, 5) is 44.3.